The summed E-state index contributed by atoms with van der Waals surface area (Å²) in [6.45, 7) is 12.1. The van der Waals surface area contributed by atoms with Crippen LogP contribution in [-0.4, -0.2) is 41.3 Å². The Bertz CT molecular complexity index is 779. The lowest BCUT2D eigenvalue weighted by Gasteiger charge is -2.40. The van der Waals surface area contributed by atoms with E-state index in [-0.39, 0.29) is 11.5 Å². The van der Waals surface area contributed by atoms with Crippen molar-refractivity contribution in [2.24, 2.45) is 16.3 Å². The molecule has 0 spiro atoms. The number of benzene rings is 1. The van der Waals surface area contributed by atoms with Crippen LogP contribution in [0.15, 0.2) is 48.0 Å². The Hall–Kier alpha value is -2.34. The molecule has 2 unspecified atom stereocenters. The summed E-state index contributed by atoms with van der Waals surface area (Å²) in [5.74, 6) is 1.34. The van der Waals surface area contributed by atoms with Crippen molar-refractivity contribution in [3.63, 3.8) is 0 Å². The average molecular weight is 398 g/mol. The zero-order valence-electron chi connectivity index (χ0n) is 18.2. The van der Waals surface area contributed by atoms with Gasteiger partial charge >= 0.3 is 0 Å². The fraction of sp³-hybridized carbons (Fsp3) is 0.565. The molecule has 1 aliphatic rings. The molecule has 2 atom stereocenters. The Morgan fingerprint density at radius 2 is 2.10 bits per heavy atom. The predicted octanol–water partition coefficient (Wildman–Crippen LogP) is 3.77. The van der Waals surface area contributed by atoms with E-state index in [2.05, 4.69) is 61.5 Å². The molecule has 1 aromatic heterocycles. The summed E-state index contributed by atoms with van der Waals surface area (Å²) in [5.41, 5.74) is 2.42. The van der Waals surface area contributed by atoms with E-state index < -0.39 is 0 Å². The highest BCUT2D eigenvalue weighted by atomic mass is 16.5. The molecule has 3 rings (SSSR count). The van der Waals surface area contributed by atoms with Crippen LogP contribution in [0.1, 0.15) is 46.1 Å². The number of guanidine groups is 1. The average Bonchev–Trinajstić information content (AvgIpc) is 3.24. The number of hydrogen-bond acceptors (Lipinski definition) is 3. The Morgan fingerprint density at radius 1 is 1.28 bits per heavy atom. The van der Waals surface area contributed by atoms with Crippen molar-refractivity contribution >= 4 is 5.96 Å². The monoisotopic (exact) mass is 397 g/mol. The first-order chi connectivity index (χ1) is 14.0. The van der Waals surface area contributed by atoms with Crippen molar-refractivity contribution in [1.82, 2.24) is 20.2 Å². The molecule has 1 saturated heterocycles. The second-order valence-electron chi connectivity index (χ2n) is 8.73. The SMILES string of the molecule is CCNC(=NCc1ccccc1-n1ccnc1)NCC1CCCOC1C(C)(C)C. The van der Waals surface area contributed by atoms with Gasteiger partial charge in [-0.1, -0.05) is 39.0 Å². The van der Waals surface area contributed by atoms with Gasteiger partial charge in [-0.25, -0.2) is 9.98 Å². The second-order valence-corrected chi connectivity index (χ2v) is 8.73. The predicted molar refractivity (Wildman–Crippen MR) is 118 cm³/mol. The molecule has 0 radical (unpaired) electrons. The highest BCUT2D eigenvalue weighted by Gasteiger charge is 2.35. The van der Waals surface area contributed by atoms with E-state index in [0.29, 0.717) is 12.5 Å². The quantitative estimate of drug-likeness (QED) is 0.575. The largest absolute Gasteiger partial charge is 0.377 e. The Labute approximate surface area is 174 Å². The molecule has 1 fully saturated rings. The maximum Gasteiger partial charge on any atom is 0.191 e. The number of hydrogen-bond donors (Lipinski definition) is 2. The maximum atomic E-state index is 6.12. The lowest BCUT2D eigenvalue weighted by Crippen LogP contribution is -2.47. The third-order valence-electron chi connectivity index (χ3n) is 5.36. The van der Waals surface area contributed by atoms with E-state index in [1.165, 1.54) is 6.42 Å². The van der Waals surface area contributed by atoms with E-state index in [0.717, 1.165) is 43.3 Å². The van der Waals surface area contributed by atoms with Crippen LogP contribution < -0.4 is 10.6 Å². The molecule has 0 aliphatic carbocycles. The molecule has 0 saturated carbocycles. The van der Waals surface area contributed by atoms with Crippen LogP contribution in [0.2, 0.25) is 0 Å². The smallest absolute Gasteiger partial charge is 0.191 e. The van der Waals surface area contributed by atoms with Gasteiger partial charge in [0.2, 0.25) is 0 Å². The normalized spacial score (nSPS) is 20.5. The van der Waals surface area contributed by atoms with Crippen molar-refractivity contribution in [3.8, 4) is 5.69 Å². The van der Waals surface area contributed by atoms with Gasteiger partial charge < -0.3 is 19.9 Å². The number of rotatable bonds is 6. The molecule has 0 amide bonds. The van der Waals surface area contributed by atoms with Crippen LogP contribution in [0.25, 0.3) is 5.69 Å². The Morgan fingerprint density at radius 3 is 2.83 bits per heavy atom. The van der Waals surface area contributed by atoms with Gasteiger partial charge in [-0.15, -0.1) is 0 Å². The van der Waals surface area contributed by atoms with Crippen molar-refractivity contribution in [1.29, 1.82) is 0 Å². The van der Waals surface area contributed by atoms with Crippen LogP contribution in [0, 0.1) is 11.3 Å². The third kappa shape index (κ3) is 5.82. The summed E-state index contributed by atoms with van der Waals surface area (Å²) in [6, 6.07) is 8.31. The van der Waals surface area contributed by atoms with E-state index >= 15 is 0 Å². The number of para-hydroxylation sites is 1. The molecule has 6 nitrogen and oxygen atoms in total. The van der Waals surface area contributed by atoms with E-state index in [4.69, 9.17) is 9.73 Å². The number of imidazole rings is 1. The second kappa shape index (κ2) is 9.92. The van der Waals surface area contributed by atoms with Gasteiger partial charge in [0.15, 0.2) is 5.96 Å². The Kier molecular flexibility index (Phi) is 7.31. The number of nitrogens with zero attached hydrogens (tertiary/aromatic N) is 3. The molecule has 2 aromatic rings. The standard InChI is InChI=1S/C23H35N5O/c1-5-25-22(27-16-19-10-8-14-29-21(19)23(2,3)4)26-15-18-9-6-7-11-20(18)28-13-12-24-17-28/h6-7,9,11-13,17,19,21H,5,8,10,14-16H2,1-4H3,(H2,25,26,27). The summed E-state index contributed by atoms with van der Waals surface area (Å²) in [6.07, 6.45) is 8.17. The minimum Gasteiger partial charge on any atom is -0.377 e. The molecule has 0 bridgehead atoms. The highest BCUT2D eigenvalue weighted by Crippen LogP contribution is 2.33. The maximum absolute atomic E-state index is 6.12. The molecule has 1 aliphatic heterocycles. The summed E-state index contributed by atoms with van der Waals surface area (Å²) < 4.78 is 8.15. The van der Waals surface area contributed by atoms with Crippen LogP contribution in [-0.2, 0) is 11.3 Å². The fourth-order valence-corrected chi connectivity index (χ4v) is 4.04. The summed E-state index contributed by atoms with van der Waals surface area (Å²) >= 11 is 0. The first kappa shape index (κ1) is 21.4. The van der Waals surface area contributed by atoms with Crippen LogP contribution >= 0.6 is 0 Å². The molecule has 1 aromatic carbocycles. The number of nitrogens with one attached hydrogen (secondary N) is 2. The molecule has 2 N–H and O–H groups in total. The van der Waals surface area contributed by atoms with E-state index in [1.54, 1.807) is 6.20 Å². The van der Waals surface area contributed by atoms with Gasteiger partial charge in [0.1, 0.15) is 0 Å². The summed E-state index contributed by atoms with van der Waals surface area (Å²) in [5, 5.41) is 6.94. The fourth-order valence-electron chi connectivity index (χ4n) is 4.04. The molecule has 2 heterocycles. The first-order valence-corrected chi connectivity index (χ1v) is 10.7. The zero-order chi connectivity index (χ0) is 20.7. The lowest BCUT2D eigenvalue weighted by molar-refractivity contribution is -0.0835. The number of aliphatic imine (C=N–C) groups is 1. The number of aromatic nitrogens is 2. The lowest BCUT2D eigenvalue weighted by atomic mass is 9.78. The Balaban J connectivity index is 1.68. The van der Waals surface area contributed by atoms with Gasteiger partial charge in [0.25, 0.3) is 0 Å². The van der Waals surface area contributed by atoms with Crippen LogP contribution in [0.5, 0.6) is 0 Å². The van der Waals surface area contributed by atoms with Gasteiger partial charge in [0.05, 0.1) is 24.7 Å². The van der Waals surface area contributed by atoms with Crippen molar-refractivity contribution in [2.45, 2.75) is 53.2 Å². The molecular formula is C23H35N5O. The number of ether oxygens (including phenoxy) is 1. The van der Waals surface area contributed by atoms with Crippen LogP contribution in [0.3, 0.4) is 0 Å². The van der Waals surface area contributed by atoms with Gasteiger partial charge in [0, 0.05) is 38.0 Å². The minimum atomic E-state index is 0.145. The van der Waals surface area contributed by atoms with Gasteiger partial charge in [-0.2, -0.15) is 0 Å². The highest BCUT2D eigenvalue weighted by molar-refractivity contribution is 5.79. The van der Waals surface area contributed by atoms with E-state index in [9.17, 15) is 0 Å². The minimum absolute atomic E-state index is 0.145. The molecular weight excluding hydrogens is 362 g/mol. The summed E-state index contributed by atoms with van der Waals surface area (Å²) in [7, 11) is 0. The molecule has 158 valence electrons. The van der Waals surface area contributed by atoms with Crippen molar-refractivity contribution in [3.05, 3.63) is 48.5 Å². The summed E-state index contributed by atoms with van der Waals surface area (Å²) in [4.78, 5) is 9.01. The molecule has 29 heavy (non-hydrogen) atoms. The topological polar surface area (TPSA) is 63.5 Å². The third-order valence-corrected chi connectivity index (χ3v) is 5.36. The first-order valence-electron chi connectivity index (χ1n) is 10.7. The van der Waals surface area contributed by atoms with Gasteiger partial charge in [-0.3, -0.25) is 0 Å². The van der Waals surface area contributed by atoms with Crippen molar-refractivity contribution in [2.75, 3.05) is 19.7 Å². The van der Waals surface area contributed by atoms with Crippen molar-refractivity contribution < 1.29 is 4.74 Å². The zero-order valence-corrected chi connectivity index (χ0v) is 18.2. The van der Waals surface area contributed by atoms with Gasteiger partial charge in [-0.05, 0) is 36.8 Å². The molecule has 6 heteroatoms. The van der Waals surface area contributed by atoms with E-state index in [1.807, 2.05) is 23.2 Å². The van der Waals surface area contributed by atoms with Crippen LogP contribution in [0.4, 0.5) is 0 Å².